The number of hydrogen-bond acceptors (Lipinski definition) is 4. The number of carbonyl (C=O) groups excluding carboxylic acids is 1. The number of aliphatic carboxylic acids is 1. The molecule has 0 radical (unpaired) electrons. The van der Waals surface area contributed by atoms with E-state index in [-0.39, 0.29) is 30.6 Å². The molecular formula is C12H15FN2O5S. The highest BCUT2D eigenvalue weighted by molar-refractivity contribution is 7.92. The number of anilines is 1. The Hall–Kier alpha value is -2.16. The largest absolute Gasteiger partial charge is 0.481 e. The second-order valence-electron chi connectivity index (χ2n) is 4.32. The van der Waals surface area contributed by atoms with Crippen molar-refractivity contribution in [2.75, 3.05) is 17.5 Å². The SMILES string of the molecule is CS(=O)(=O)Nc1cc(C(=O)NCCCC(=O)O)ccc1F. The molecule has 0 spiro atoms. The topological polar surface area (TPSA) is 113 Å². The van der Waals surface area contributed by atoms with Crippen molar-refractivity contribution in [2.24, 2.45) is 0 Å². The van der Waals surface area contributed by atoms with Crippen molar-refractivity contribution in [3.63, 3.8) is 0 Å². The summed E-state index contributed by atoms with van der Waals surface area (Å²) in [7, 11) is -3.66. The van der Waals surface area contributed by atoms with E-state index in [4.69, 9.17) is 5.11 Å². The van der Waals surface area contributed by atoms with Gasteiger partial charge in [0.25, 0.3) is 5.91 Å². The fourth-order valence-electron chi connectivity index (χ4n) is 1.49. The number of sulfonamides is 1. The lowest BCUT2D eigenvalue weighted by Gasteiger charge is -2.08. The summed E-state index contributed by atoms with van der Waals surface area (Å²) in [6.45, 7) is 0.150. The first kappa shape index (κ1) is 16.9. The molecule has 0 unspecified atom stereocenters. The van der Waals surface area contributed by atoms with Crippen LogP contribution < -0.4 is 10.0 Å². The summed E-state index contributed by atoms with van der Waals surface area (Å²) in [5, 5.41) is 10.9. The summed E-state index contributed by atoms with van der Waals surface area (Å²) < 4.78 is 37.6. The zero-order valence-electron chi connectivity index (χ0n) is 11.2. The molecule has 1 rings (SSSR count). The molecule has 0 fully saturated rings. The number of carboxylic acid groups (broad SMARTS) is 1. The van der Waals surface area contributed by atoms with Gasteiger partial charge in [-0.3, -0.25) is 14.3 Å². The Morgan fingerprint density at radius 3 is 2.57 bits per heavy atom. The molecule has 116 valence electrons. The number of rotatable bonds is 7. The third kappa shape index (κ3) is 6.21. The van der Waals surface area contributed by atoms with E-state index in [0.717, 1.165) is 18.4 Å². The molecule has 0 aliphatic carbocycles. The molecule has 0 atom stereocenters. The van der Waals surface area contributed by atoms with E-state index in [1.807, 2.05) is 4.72 Å². The number of benzene rings is 1. The van der Waals surface area contributed by atoms with Gasteiger partial charge in [0, 0.05) is 18.5 Å². The van der Waals surface area contributed by atoms with E-state index >= 15 is 0 Å². The van der Waals surface area contributed by atoms with Crippen LogP contribution >= 0.6 is 0 Å². The lowest BCUT2D eigenvalue weighted by Crippen LogP contribution is -2.25. The van der Waals surface area contributed by atoms with Crippen molar-refractivity contribution in [1.29, 1.82) is 0 Å². The van der Waals surface area contributed by atoms with Crippen molar-refractivity contribution < 1.29 is 27.5 Å². The van der Waals surface area contributed by atoms with Crippen LogP contribution in [0.3, 0.4) is 0 Å². The second kappa shape index (κ2) is 7.02. The summed E-state index contributed by atoms with van der Waals surface area (Å²) in [6.07, 6.45) is 1.05. The minimum absolute atomic E-state index is 0.0675. The summed E-state index contributed by atoms with van der Waals surface area (Å²) >= 11 is 0. The highest BCUT2D eigenvalue weighted by Crippen LogP contribution is 2.17. The van der Waals surface area contributed by atoms with Crippen molar-refractivity contribution in [3.05, 3.63) is 29.6 Å². The number of nitrogens with one attached hydrogen (secondary N) is 2. The standard InChI is InChI=1S/C12H15FN2O5S/c1-21(19,20)15-10-7-8(4-5-9(10)13)12(18)14-6-2-3-11(16)17/h4-5,7,15H,2-3,6H2,1H3,(H,14,18)(H,16,17). The van der Waals surface area contributed by atoms with E-state index in [2.05, 4.69) is 5.32 Å². The Balaban J connectivity index is 2.72. The Morgan fingerprint density at radius 2 is 2.00 bits per heavy atom. The quantitative estimate of drug-likeness (QED) is 0.643. The van der Waals surface area contributed by atoms with E-state index in [0.29, 0.717) is 0 Å². The second-order valence-corrected chi connectivity index (χ2v) is 6.07. The molecule has 0 bridgehead atoms. The monoisotopic (exact) mass is 318 g/mol. The Labute approximate surface area is 121 Å². The maximum atomic E-state index is 13.4. The Kier molecular flexibility index (Phi) is 5.65. The first-order valence-electron chi connectivity index (χ1n) is 5.96. The molecule has 0 aromatic heterocycles. The minimum Gasteiger partial charge on any atom is -0.481 e. The predicted octanol–water partition coefficient (Wildman–Crippen LogP) is 0.792. The van der Waals surface area contributed by atoms with Gasteiger partial charge in [-0.2, -0.15) is 0 Å². The number of carbonyl (C=O) groups is 2. The summed E-state index contributed by atoms with van der Waals surface area (Å²) in [5.41, 5.74) is -0.256. The van der Waals surface area contributed by atoms with Gasteiger partial charge in [-0.05, 0) is 24.6 Å². The summed E-state index contributed by atoms with van der Waals surface area (Å²) in [6, 6.07) is 3.25. The normalized spacial score (nSPS) is 11.0. The highest BCUT2D eigenvalue weighted by Gasteiger charge is 2.12. The molecule has 0 aliphatic heterocycles. The smallest absolute Gasteiger partial charge is 0.303 e. The van der Waals surface area contributed by atoms with Crippen LogP contribution in [0.5, 0.6) is 0 Å². The molecule has 0 aliphatic rings. The van der Waals surface area contributed by atoms with Crippen LogP contribution in [0.25, 0.3) is 0 Å². The van der Waals surface area contributed by atoms with Gasteiger partial charge in [0.15, 0.2) is 0 Å². The van der Waals surface area contributed by atoms with Gasteiger partial charge in [0.2, 0.25) is 10.0 Å². The first-order valence-corrected chi connectivity index (χ1v) is 7.85. The number of carboxylic acids is 1. The van der Waals surface area contributed by atoms with E-state index in [1.165, 1.54) is 6.07 Å². The Bertz CT molecular complexity index is 645. The van der Waals surface area contributed by atoms with Gasteiger partial charge in [-0.15, -0.1) is 0 Å². The number of halogens is 1. The van der Waals surface area contributed by atoms with Crippen molar-refractivity contribution in [2.45, 2.75) is 12.8 Å². The molecule has 1 aromatic rings. The van der Waals surface area contributed by atoms with Crippen molar-refractivity contribution in [1.82, 2.24) is 5.32 Å². The summed E-state index contributed by atoms with van der Waals surface area (Å²) in [4.78, 5) is 22.1. The van der Waals surface area contributed by atoms with Crippen LogP contribution in [0.2, 0.25) is 0 Å². The molecular weight excluding hydrogens is 303 g/mol. The maximum absolute atomic E-state index is 13.4. The predicted molar refractivity (Wildman–Crippen MR) is 74.1 cm³/mol. The van der Waals surface area contributed by atoms with Gasteiger partial charge in [-0.1, -0.05) is 0 Å². The molecule has 1 amide bonds. The number of hydrogen-bond donors (Lipinski definition) is 3. The van der Waals surface area contributed by atoms with Crippen LogP contribution in [0, 0.1) is 5.82 Å². The first-order chi connectivity index (χ1) is 9.69. The van der Waals surface area contributed by atoms with Crippen LogP contribution in [-0.2, 0) is 14.8 Å². The van der Waals surface area contributed by atoms with Gasteiger partial charge in [0.1, 0.15) is 5.82 Å². The van der Waals surface area contributed by atoms with Gasteiger partial charge in [-0.25, -0.2) is 12.8 Å². The van der Waals surface area contributed by atoms with Crippen molar-refractivity contribution >= 4 is 27.6 Å². The van der Waals surface area contributed by atoms with Crippen molar-refractivity contribution in [3.8, 4) is 0 Å². The molecule has 0 saturated carbocycles. The molecule has 1 aromatic carbocycles. The maximum Gasteiger partial charge on any atom is 0.303 e. The molecule has 0 heterocycles. The zero-order chi connectivity index (χ0) is 16.0. The fourth-order valence-corrected chi connectivity index (χ4v) is 2.04. The van der Waals surface area contributed by atoms with E-state index < -0.39 is 27.7 Å². The number of amides is 1. The van der Waals surface area contributed by atoms with E-state index in [1.54, 1.807) is 0 Å². The lowest BCUT2D eigenvalue weighted by molar-refractivity contribution is -0.137. The highest BCUT2D eigenvalue weighted by atomic mass is 32.2. The summed E-state index contributed by atoms with van der Waals surface area (Å²) in [5.74, 6) is -2.31. The van der Waals surface area contributed by atoms with Gasteiger partial charge < -0.3 is 10.4 Å². The molecule has 9 heteroatoms. The van der Waals surface area contributed by atoms with Gasteiger partial charge in [0.05, 0.1) is 11.9 Å². The molecule has 0 saturated heterocycles. The minimum atomic E-state index is -3.66. The van der Waals surface area contributed by atoms with E-state index in [9.17, 15) is 22.4 Å². The third-order valence-corrected chi connectivity index (χ3v) is 2.97. The molecule has 21 heavy (non-hydrogen) atoms. The average molecular weight is 318 g/mol. The van der Waals surface area contributed by atoms with Crippen LogP contribution in [-0.4, -0.2) is 38.2 Å². The third-order valence-electron chi connectivity index (χ3n) is 2.38. The van der Waals surface area contributed by atoms with Gasteiger partial charge >= 0.3 is 5.97 Å². The molecule has 3 N–H and O–H groups in total. The molecule has 7 nitrogen and oxygen atoms in total. The Morgan fingerprint density at radius 1 is 1.33 bits per heavy atom. The zero-order valence-corrected chi connectivity index (χ0v) is 12.0. The van der Waals surface area contributed by atoms with Crippen LogP contribution in [0.1, 0.15) is 23.2 Å². The fraction of sp³-hybridized carbons (Fsp3) is 0.333. The average Bonchev–Trinajstić information content (AvgIpc) is 2.35. The van der Waals surface area contributed by atoms with Crippen LogP contribution in [0.4, 0.5) is 10.1 Å². The van der Waals surface area contributed by atoms with Crippen LogP contribution in [0.15, 0.2) is 18.2 Å². The lowest BCUT2D eigenvalue weighted by atomic mass is 10.2.